The van der Waals surface area contributed by atoms with E-state index >= 15 is 0 Å². The van der Waals surface area contributed by atoms with Crippen LogP contribution in [0.15, 0.2) is 30.3 Å². The van der Waals surface area contributed by atoms with Crippen LogP contribution in [0, 0.1) is 19.7 Å². The van der Waals surface area contributed by atoms with Gasteiger partial charge in [-0.15, -0.1) is 0 Å². The van der Waals surface area contributed by atoms with Gasteiger partial charge in [-0.25, -0.2) is 4.39 Å². The molecular weight excluding hydrogens is 205 g/mol. The quantitative estimate of drug-likeness (QED) is 0.825. The summed E-state index contributed by atoms with van der Waals surface area (Å²) in [6, 6.07) is 8.51. The van der Waals surface area contributed by atoms with Crippen LogP contribution in [0.1, 0.15) is 17.0 Å². The summed E-state index contributed by atoms with van der Waals surface area (Å²) in [7, 11) is 0. The Morgan fingerprint density at radius 2 is 1.94 bits per heavy atom. The Balaban J connectivity index is 2.65. The topological polar surface area (TPSA) is 25.2 Å². The Labute approximate surface area is 94.0 Å². The van der Waals surface area contributed by atoms with Crippen molar-refractivity contribution in [3.63, 3.8) is 0 Å². The average molecular weight is 219 g/mol. The minimum atomic E-state index is -0.256. The second-order valence-corrected chi connectivity index (χ2v) is 3.84. The van der Waals surface area contributed by atoms with E-state index in [1.54, 1.807) is 18.2 Å². The first-order chi connectivity index (χ1) is 7.65. The molecule has 0 aliphatic carbocycles. The molecule has 1 aromatic carbocycles. The smallest absolute Gasteiger partial charge is 0.147 e. The molecule has 84 valence electrons. The van der Waals surface area contributed by atoms with E-state index < -0.39 is 0 Å². The highest BCUT2D eigenvalue weighted by atomic mass is 19.1. The molecule has 1 N–H and O–H groups in total. The number of nitrogens with zero attached hydrogens (tertiary/aromatic N) is 1. The molecule has 3 heteroatoms. The molecule has 0 unspecified atom stereocenters. The van der Waals surface area contributed by atoms with Crippen LogP contribution in [0.3, 0.4) is 0 Å². The summed E-state index contributed by atoms with van der Waals surface area (Å²) in [4.78, 5) is 0. The number of aliphatic hydroxyl groups excluding tert-OH is 1. The molecular formula is C13H14FNO. The van der Waals surface area contributed by atoms with Gasteiger partial charge in [0.25, 0.3) is 0 Å². The van der Waals surface area contributed by atoms with Crippen molar-refractivity contribution >= 4 is 0 Å². The van der Waals surface area contributed by atoms with Gasteiger partial charge in [-0.1, -0.05) is 12.1 Å². The van der Waals surface area contributed by atoms with Crippen LogP contribution in [-0.2, 0) is 6.61 Å². The number of rotatable bonds is 2. The minimum absolute atomic E-state index is 0.0197. The van der Waals surface area contributed by atoms with Crippen LogP contribution < -0.4 is 0 Å². The molecule has 16 heavy (non-hydrogen) atoms. The van der Waals surface area contributed by atoms with Crippen molar-refractivity contribution in [2.24, 2.45) is 0 Å². The van der Waals surface area contributed by atoms with Crippen LogP contribution in [0.4, 0.5) is 4.39 Å². The molecule has 1 heterocycles. The summed E-state index contributed by atoms with van der Waals surface area (Å²) in [5.41, 5.74) is 3.16. The second-order valence-electron chi connectivity index (χ2n) is 3.84. The van der Waals surface area contributed by atoms with Gasteiger partial charge in [0.05, 0.1) is 12.3 Å². The number of aliphatic hydroxyl groups is 1. The molecule has 0 spiro atoms. The highest BCUT2D eigenvalue weighted by molar-refractivity contribution is 5.41. The molecule has 0 atom stereocenters. The maximum absolute atomic E-state index is 13.7. The monoisotopic (exact) mass is 219 g/mol. The van der Waals surface area contributed by atoms with Crippen molar-refractivity contribution in [3.8, 4) is 5.69 Å². The Hall–Kier alpha value is -1.61. The van der Waals surface area contributed by atoms with E-state index in [1.807, 2.05) is 24.5 Å². The highest BCUT2D eigenvalue weighted by Crippen LogP contribution is 2.22. The van der Waals surface area contributed by atoms with Crippen molar-refractivity contribution in [1.29, 1.82) is 0 Å². The van der Waals surface area contributed by atoms with Crippen molar-refractivity contribution in [3.05, 3.63) is 53.1 Å². The molecule has 0 amide bonds. The predicted octanol–water partition coefficient (Wildman–Crippen LogP) is 2.73. The van der Waals surface area contributed by atoms with Gasteiger partial charge in [0.1, 0.15) is 5.82 Å². The van der Waals surface area contributed by atoms with Gasteiger partial charge < -0.3 is 9.67 Å². The van der Waals surface area contributed by atoms with E-state index in [1.165, 1.54) is 6.07 Å². The summed E-state index contributed by atoms with van der Waals surface area (Å²) in [6.07, 6.45) is 0. The second kappa shape index (κ2) is 4.10. The van der Waals surface area contributed by atoms with Crippen molar-refractivity contribution in [2.45, 2.75) is 20.5 Å². The summed E-state index contributed by atoms with van der Waals surface area (Å²) in [5, 5.41) is 9.17. The Morgan fingerprint density at radius 1 is 1.25 bits per heavy atom. The highest BCUT2D eigenvalue weighted by Gasteiger charge is 2.12. The van der Waals surface area contributed by atoms with Gasteiger partial charge in [-0.2, -0.15) is 0 Å². The first kappa shape index (κ1) is 10.9. The molecule has 0 saturated carbocycles. The fourth-order valence-electron chi connectivity index (χ4n) is 1.99. The molecule has 0 saturated heterocycles. The lowest BCUT2D eigenvalue weighted by molar-refractivity contribution is 0.281. The van der Waals surface area contributed by atoms with Gasteiger partial charge in [-0.05, 0) is 37.6 Å². The van der Waals surface area contributed by atoms with Gasteiger partial charge in [-0.3, -0.25) is 0 Å². The van der Waals surface area contributed by atoms with E-state index in [4.69, 9.17) is 5.11 Å². The molecule has 0 bridgehead atoms. The SMILES string of the molecule is Cc1cc(CO)c(C)n1-c1ccccc1F. The van der Waals surface area contributed by atoms with Crippen molar-refractivity contribution < 1.29 is 9.50 Å². The van der Waals surface area contributed by atoms with E-state index in [-0.39, 0.29) is 12.4 Å². The van der Waals surface area contributed by atoms with Gasteiger partial charge >= 0.3 is 0 Å². The number of hydrogen-bond acceptors (Lipinski definition) is 1. The van der Waals surface area contributed by atoms with Crippen LogP contribution >= 0.6 is 0 Å². The Morgan fingerprint density at radius 3 is 2.50 bits per heavy atom. The Bertz CT molecular complexity index is 517. The third kappa shape index (κ3) is 1.63. The summed E-state index contributed by atoms with van der Waals surface area (Å²) >= 11 is 0. The van der Waals surface area contributed by atoms with Crippen molar-refractivity contribution in [2.75, 3.05) is 0 Å². The number of benzene rings is 1. The van der Waals surface area contributed by atoms with Gasteiger partial charge in [0, 0.05) is 11.4 Å². The zero-order chi connectivity index (χ0) is 11.7. The van der Waals surface area contributed by atoms with Gasteiger partial charge in [0.15, 0.2) is 0 Å². The largest absolute Gasteiger partial charge is 0.392 e. The van der Waals surface area contributed by atoms with Crippen LogP contribution in [-0.4, -0.2) is 9.67 Å². The molecule has 2 rings (SSSR count). The van der Waals surface area contributed by atoms with E-state index in [2.05, 4.69) is 0 Å². The van der Waals surface area contributed by atoms with Crippen LogP contribution in [0.5, 0.6) is 0 Å². The maximum Gasteiger partial charge on any atom is 0.147 e. The minimum Gasteiger partial charge on any atom is -0.392 e. The zero-order valence-electron chi connectivity index (χ0n) is 9.37. The molecule has 0 fully saturated rings. The van der Waals surface area contributed by atoms with Crippen LogP contribution in [0.2, 0.25) is 0 Å². The molecule has 0 radical (unpaired) electrons. The lowest BCUT2D eigenvalue weighted by Gasteiger charge is -2.10. The molecule has 0 aliphatic heterocycles. The number of hydrogen-bond donors (Lipinski definition) is 1. The lowest BCUT2D eigenvalue weighted by atomic mass is 10.2. The van der Waals surface area contributed by atoms with E-state index in [9.17, 15) is 4.39 Å². The van der Waals surface area contributed by atoms with E-state index in [0.717, 1.165) is 17.0 Å². The number of aromatic nitrogens is 1. The molecule has 1 aromatic heterocycles. The standard InChI is InChI=1S/C13H14FNO/c1-9-7-11(8-16)10(2)15(9)13-6-4-3-5-12(13)14/h3-7,16H,8H2,1-2H3. The molecule has 0 aliphatic rings. The third-order valence-corrected chi connectivity index (χ3v) is 2.80. The fraction of sp³-hybridized carbons (Fsp3) is 0.231. The fourth-order valence-corrected chi connectivity index (χ4v) is 1.99. The first-order valence-electron chi connectivity index (χ1n) is 5.18. The van der Waals surface area contributed by atoms with Gasteiger partial charge in [0.2, 0.25) is 0 Å². The zero-order valence-corrected chi connectivity index (χ0v) is 9.37. The first-order valence-corrected chi connectivity index (χ1v) is 5.18. The predicted molar refractivity (Wildman–Crippen MR) is 61.1 cm³/mol. The number of aryl methyl sites for hydroxylation is 1. The molecule has 2 aromatic rings. The normalized spacial score (nSPS) is 10.8. The number of para-hydroxylation sites is 1. The average Bonchev–Trinajstić information content (AvgIpc) is 2.55. The lowest BCUT2D eigenvalue weighted by Crippen LogP contribution is -2.02. The number of halogens is 1. The Kier molecular flexibility index (Phi) is 2.79. The molecule has 2 nitrogen and oxygen atoms in total. The summed E-state index contributed by atoms with van der Waals surface area (Å²) < 4.78 is 15.5. The summed E-state index contributed by atoms with van der Waals surface area (Å²) in [6.45, 7) is 3.76. The maximum atomic E-state index is 13.7. The third-order valence-electron chi connectivity index (χ3n) is 2.80. The van der Waals surface area contributed by atoms with Crippen LogP contribution in [0.25, 0.3) is 5.69 Å². The van der Waals surface area contributed by atoms with E-state index in [0.29, 0.717) is 5.69 Å². The summed E-state index contributed by atoms with van der Waals surface area (Å²) in [5.74, 6) is -0.256. The van der Waals surface area contributed by atoms with Crippen molar-refractivity contribution in [1.82, 2.24) is 4.57 Å².